The molecule has 0 aromatic carbocycles. The largest absolute Gasteiger partial charge is 0.480 e. The maximum absolute atomic E-state index is 13.3. The number of halogens is 1. The summed E-state index contributed by atoms with van der Waals surface area (Å²) >= 11 is 1.48. The molecule has 0 fully saturated rings. The highest BCUT2D eigenvalue weighted by molar-refractivity contribution is 8.02. The first-order chi connectivity index (χ1) is 15.7. The monoisotopic (exact) mass is 480 g/mol. The van der Waals surface area contributed by atoms with Crippen molar-refractivity contribution in [2.24, 2.45) is 17.8 Å². The Morgan fingerprint density at radius 3 is 2.27 bits per heavy atom. The molecule has 0 radical (unpaired) electrons. The van der Waals surface area contributed by atoms with Gasteiger partial charge in [0, 0.05) is 18.0 Å². The molecular formula is C27H45FN2O2S. The van der Waals surface area contributed by atoms with Gasteiger partial charge in [0.25, 0.3) is 0 Å². The van der Waals surface area contributed by atoms with Crippen LogP contribution in [0.2, 0.25) is 0 Å². The predicted molar refractivity (Wildman–Crippen MR) is 140 cm³/mol. The number of hydrogen-bond donors (Lipinski definition) is 2. The van der Waals surface area contributed by atoms with Gasteiger partial charge in [0.1, 0.15) is 17.7 Å². The second-order valence-electron chi connectivity index (χ2n) is 10.1. The standard InChI is InChI=1S/C27H45FN2O2S/c1-20(2)9-6-10-21(3)11-7-12-22(4)13-8-14-23(5)18-33-19-25(27(31)32)30-26-17-24(28)15-16-29-26/h15-18,20-22,25H,6-14,19H2,1-5H3,(H,29,30)(H,31,32). The molecule has 4 nitrogen and oxygen atoms in total. The second kappa shape index (κ2) is 17.0. The number of hydrogen-bond acceptors (Lipinski definition) is 4. The van der Waals surface area contributed by atoms with E-state index in [-0.39, 0.29) is 5.82 Å². The van der Waals surface area contributed by atoms with Crippen molar-refractivity contribution in [2.75, 3.05) is 11.1 Å². The zero-order chi connectivity index (χ0) is 24.6. The summed E-state index contributed by atoms with van der Waals surface area (Å²) in [4.78, 5) is 15.5. The van der Waals surface area contributed by atoms with Crippen LogP contribution in [0.4, 0.5) is 10.2 Å². The van der Waals surface area contributed by atoms with Crippen molar-refractivity contribution in [2.45, 2.75) is 98.4 Å². The van der Waals surface area contributed by atoms with Gasteiger partial charge in [0.2, 0.25) is 0 Å². The van der Waals surface area contributed by atoms with Crippen molar-refractivity contribution in [1.29, 1.82) is 0 Å². The average Bonchev–Trinajstić information content (AvgIpc) is 2.72. The summed E-state index contributed by atoms with van der Waals surface area (Å²) in [6, 6.07) is 1.62. The minimum absolute atomic E-state index is 0.239. The third-order valence-electron chi connectivity index (χ3n) is 6.03. The Morgan fingerprint density at radius 1 is 1.09 bits per heavy atom. The van der Waals surface area contributed by atoms with E-state index in [1.54, 1.807) is 0 Å². The summed E-state index contributed by atoms with van der Waals surface area (Å²) in [5.74, 6) is 1.61. The molecule has 0 aliphatic heterocycles. The van der Waals surface area contributed by atoms with Gasteiger partial charge in [0.05, 0.1) is 0 Å². The first-order valence-corrected chi connectivity index (χ1v) is 13.6. The van der Waals surface area contributed by atoms with E-state index in [2.05, 4.69) is 50.3 Å². The Kier molecular flexibility index (Phi) is 15.1. The number of carboxylic acids is 1. The number of thioether (sulfide) groups is 1. The molecule has 1 aromatic heterocycles. The fourth-order valence-corrected chi connectivity index (χ4v) is 4.81. The third-order valence-corrected chi connectivity index (χ3v) is 7.12. The number of pyridine rings is 1. The molecule has 0 amide bonds. The highest BCUT2D eigenvalue weighted by Gasteiger charge is 2.17. The highest BCUT2D eigenvalue weighted by atomic mass is 32.2. The number of carboxylic acid groups (broad SMARTS) is 1. The SMILES string of the molecule is CC(=CSCC(Nc1cc(F)ccn1)C(=O)O)CCCC(C)CCCC(C)CCCC(C)C. The Hall–Kier alpha value is -1.56. The van der Waals surface area contributed by atoms with E-state index in [4.69, 9.17) is 0 Å². The van der Waals surface area contributed by atoms with E-state index in [1.165, 1.54) is 87.0 Å². The lowest BCUT2D eigenvalue weighted by molar-refractivity contribution is -0.137. The molecule has 3 atom stereocenters. The van der Waals surface area contributed by atoms with Crippen molar-refractivity contribution in [1.82, 2.24) is 4.98 Å². The Labute approximate surface area is 205 Å². The van der Waals surface area contributed by atoms with Crippen LogP contribution in [0.3, 0.4) is 0 Å². The van der Waals surface area contributed by atoms with Crippen LogP contribution in [0.15, 0.2) is 29.3 Å². The molecule has 3 unspecified atom stereocenters. The fourth-order valence-electron chi connectivity index (χ4n) is 3.89. The molecule has 0 saturated heterocycles. The molecule has 1 heterocycles. The van der Waals surface area contributed by atoms with E-state index in [9.17, 15) is 14.3 Å². The van der Waals surface area contributed by atoms with Crippen LogP contribution >= 0.6 is 11.8 Å². The van der Waals surface area contributed by atoms with Gasteiger partial charge < -0.3 is 10.4 Å². The Morgan fingerprint density at radius 2 is 1.70 bits per heavy atom. The van der Waals surface area contributed by atoms with Crippen LogP contribution in [-0.4, -0.2) is 27.9 Å². The molecule has 0 aliphatic rings. The minimum Gasteiger partial charge on any atom is -0.480 e. The maximum atomic E-state index is 13.3. The number of anilines is 1. The summed E-state index contributed by atoms with van der Waals surface area (Å²) in [6.07, 6.45) is 12.8. The average molecular weight is 481 g/mol. The normalized spacial score (nSPS) is 14.8. The number of carbonyl (C=O) groups is 1. The van der Waals surface area contributed by atoms with Crippen LogP contribution in [-0.2, 0) is 4.79 Å². The summed E-state index contributed by atoms with van der Waals surface area (Å²) in [5, 5.41) is 14.3. The van der Waals surface area contributed by atoms with Crippen molar-refractivity contribution < 1.29 is 14.3 Å². The highest BCUT2D eigenvalue weighted by Crippen LogP contribution is 2.23. The van der Waals surface area contributed by atoms with Gasteiger partial charge in [-0.25, -0.2) is 14.2 Å². The second-order valence-corrected chi connectivity index (χ2v) is 11.0. The van der Waals surface area contributed by atoms with Gasteiger partial charge in [0.15, 0.2) is 0 Å². The maximum Gasteiger partial charge on any atom is 0.327 e. The first-order valence-electron chi connectivity index (χ1n) is 12.6. The predicted octanol–water partition coefficient (Wildman–Crippen LogP) is 8.16. The minimum atomic E-state index is -0.970. The zero-order valence-electron chi connectivity index (χ0n) is 21.3. The lowest BCUT2D eigenvalue weighted by Gasteiger charge is -2.15. The number of aromatic nitrogens is 1. The van der Waals surface area contributed by atoms with Gasteiger partial charge >= 0.3 is 5.97 Å². The molecule has 0 bridgehead atoms. The quantitative estimate of drug-likeness (QED) is 0.222. The molecule has 0 spiro atoms. The number of nitrogens with zero attached hydrogens (tertiary/aromatic N) is 1. The molecular weight excluding hydrogens is 435 g/mol. The van der Waals surface area contributed by atoms with Gasteiger partial charge in [-0.2, -0.15) is 0 Å². The zero-order valence-corrected chi connectivity index (χ0v) is 22.1. The number of aliphatic carboxylic acids is 1. The molecule has 2 N–H and O–H groups in total. The summed E-state index contributed by atoms with van der Waals surface area (Å²) in [7, 11) is 0. The van der Waals surface area contributed by atoms with E-state index in [0.29, 0.717) is 5.75 Å². The van der Waals surface area contributed by atoms with Crippen molar-refractivity contribution >= 4 is 23.5 Å². The molecule has 1 rings (SSSR count). The van der Waals surface area contributed by atoms with Crippen molar-refractivity contribution in [3.8, 4) is 0 Å². The van der Waals surface area contributed by atoms with E-state index < -0.39 is 17.8 Å². The van der Waals surface area contributed by atoms with E-state index in [1.807, 2.05) is 0 Å². The summed E-state index contributed by atoms with van der Waals surface area (Å²) < 4.78 is 13.3. The first kappa shape index (κ1) is 29.5. The van der Waals surface area contributed by atoms with E-state index >= 15 is 0 Å². The molecule has 0 saturated carbocycles. The third kappa shape index (κ3) is 15.1. The number of allylic oxidation sites excluding steroid dienone is 1. The summed E-state index contributed by atoms with van der Waals surface area (Å²) in [5.41, 5.74) is 1.28. The van der Waals surface area contributed by atoms with Crippen LogP contribution in [0.25, 0.3) is 0 Å². The number of nitrogens with one attached hydrogen (secondary N) is 1. The summed E-state index contributed by atoms with van der Waals surface area (Å²) in [6.45, 7) is 11.5. The smallest absolute Gasteiger partial charge is 0.327 e. The molecule has 188 valence electrons. The van der Waals surface area contributed by atoms with Gasteiger partial charge in [-0.3, -0.25) is 0 Å². The Bertz CT molecular complexity index is 711. The molecule has 6 heteroatoms. The lowest BCUT2D eigenvalue weighted by atomic mass is 9.91. The molecule has 0 aliphatic carbocycles. The fraction of sp³-hybridized carbons (Fsp3) is 0.704. The molecule has 33 heavy (non-hydrogen) atoms. The van der Waals surface area contributed by atoms with Crippen LogP contribution < -0.4 is 5.32 Å². The van der Waals surface area contributed by atoms with Gasteiger partial charge in [-0.15, -0.1) is 11.8 Å². The van der Waals surface area contributed by atoms with Crippen LogP contribution in [0, 0.1) is 23.6 Å². The van der Waals surface area contributed by atoms with Crippen LogP contribution in [0.5, 0.6) is 0 Å². The van der Waals surface area contributed by atoms with Crippen molar-refractivity contribution in [3.05, 3.63) is 35.1 Å². The Balaban J connectivity index is 2.21. The topological polar surface area (TPSA) is 62.2 Å². The van der Waals surface area contributed by atoms with Crippen molar-refractivity contribution in [3.63, 3.8) is 0 Å². The number of rotatable bonds is 18. The van der Waals surface area contributed by atoms with E-state index in [0.717, 1.165) is 24.2 Å². The lowest BCUT2D eigenvalue weighted by Crippen LogP contribution is -2.31. The van der Waals surface area contributed by atoms with Gasteiger partial charge in [-0.05, 0) is 49.0 Å². The molecule has 1 aromatic rings. The van der Waals surface area contributed by atoms with Crippen LogP contribution in [0.1, 0.15) is 92.4 Å². The van der Waals surface area contributed by atoms with Gasteiger partial charge in [-0.1, -0.05) is 78.2 Å².